The first-order chi connectivity index (χ1) is 27.3. The second-order valence-electron chi connectivity index (χ2n) is 16.5. The molecule has 0 amide bonds. The van der Waals surface area contributed by atoms with Crippen molar-refractivity contribution in [2.75, 3.05) is 4.90 Å². The zero-order valence-corrected chi connectivity index (χ0v) is 32.2. The Bertz CT molecular complexity index is 3020. The van der Waals surface area contributed by atoms with Gasteiger partial charge in [-0.1, -0.05) is 155 Å². The van der Waals surface area contributed by atoms with Gasteiger partial charge in [0.15, 0.2) is 0 Å². The fourth-order valence-corrected chi connectivity index (χ4v) is 10.1. The molecule has 0 saturated carbocycles. The monoisotopic (exact) mass is 718 g/mol. The first kappa shape index (κ1) is 32.8. The molecule has 0 saturated heterocycles. The lowest BCUT2D eigenvalue weighted by Crippen LogP contribution is -2.16. The van der Waals surface area contributed by atoms with E-state index in [1.54, 1.807) is 0 Å². The number of fused-ring (bicyclic) bond motifs is 9. The molecule has 0 unspecified atom stereocenters. The number of para-hydroxylation sites is 2. The van der Waals surface area contributed by atoms with Gasteiger partial charge in [-0.05, 0) is 105 Å². The normalized spacial score (nSPS) is 14.4. The molecule has 0 N–H and O–H groups in total. The average molecular weight is 719 g/mol. The highest BCUT2D eigenvalue weighted by Gasteiger charge is 2.38. The van der Waals surface area contributed by atoms with Crippen molar-refractivity contribution in [3.63, 3.8) is 0 Å². The van der Waals surface area contributed by atoms with Crippen molar-refractivity contribution in [2.24, 2.45) is 0 Å². The molecule has 268 valence electrons. The first-order valence-electron chi connectivity index (χ1n) is 19.8. The summed E-state index contributed by atoms with van der Waals surface area (Å²) >= 11 is 0. The highest BCUT2D eigenvalue weighted by atomic mass is 15.2. The lowest BCUT2D eigenvalue weighted by atomic mass is 9.82. The van der Waals surface area contributed by atoms with Gasteiger partial charge >= 0.3 is 0 Å². The molecule has 2 aliphatic rings. The van der Waals surface area contributed by atoms with Crippen molar-refractivity contribution in [3.8, 4) is 39.1 Å². The standard InChI is InChI=1S/C54H42N2/c1-53(2)43-21-11-8-18-39(43)42-34-36(30-33-45(42)53)35-28-31-38(32-29-35)56(48-25-14-23-46-51(48)40-19-9-12-22-44(40)54(46,3)4)50-27-15-26-49-52(50)41-20-10-13-24-47(41)55(49)37-16-6-5-7-17-37/h5-34H,1-4H3. The summed E-state index contributed by atoms with van der Waals surface area (Å²) in [5.41, 5.74) is 20.2. The van der Waals surface area contributed by atoms with Crippen LogP contribution in [0.3, 0.4) is 0 Å². The number of nitrogens with zero attached hydrogens (tertiary/aromatic N) is 2. The maximum Gasteiger partial charge on any atom is 0.0562 e. The van der Waals surface area contributed by atoms with Crippen LogP contribution in [0.1, 0.15) is 49.9 Å². The third kappa shape index (κ3) is 4.56. The number of hydrogen-bond acceptors (Lipinski definition) is 1. The Morgan fingerprint density at radius 1 is 0.411 bits per heavy atom. The van der Waals surface area contributed by atoms with E-state index in [4.69, 9.17) is 0 Å². The Balaban J connectivity index is 1.14. The van der Waals surface area contributed by atoms with Gasteiger partial charge in [0, 0.05) is 38.5 Å². The van der Waals surface area contributed by atoms with Gasteiger partial charge < -0.3 is 9.47 Å². The molecule has 2 heteroatoms. The summed E-state index contributed by atoms with van der Waals surface area (Å²) in [6.45, 7) is 9.42. The molecule has 0 radical (unpaired) electrons. The molecule has 9 aromatic rings. The summed E-state index contributed by atoms with van der Waals surface area (Å²) in [6, 6.07) is 67.5. The predicted molar refractivity (Wildman–Crippen MR) is 236 cm³/mol. The number of aromatic nitrogens is 1. The van der Waals surface area contributed by atoms with E-state index in [0.29, 0.717) is 0 Å². The van der Waals surface area contributed by atoms with Crippen molar-refractivity contribution in [2.45, 2.75) is 38.5 Å². The Kier molecular flexibility index (Phi) is 6.98. The fourth-order valence-electron chi connectivity index (χ4n) is 10.1. The minimum Gasteiger partial charge on any atom is -0.309 e. The van der Waals surface area contributed by atoms with Crippen LogP contribution in [0.5, 0.6) is 0 Å². The van der Waals surface area contributed by atoms with Crippen molar-refractivity contribution in [1.82, 2.24) is 4.57 Å². The summed E-state index contributed by atoms with van der Waals surface area (Å²) in [7, 11) is 0. The van der Waals surface area contributed by atoms with Crippen molar-refractivity contribution < 1.29 is 0 Å². The van der Waals surface area contributed by atoms with Crippen LogP contribution in [0.4, 0.5) is 17.1 Å². The largest absolute Gasteiger partial charge is 0.309 e. The highest BCUT2D eigenvalue weighted by Crippen LogP contribution is 2.55. The van der Waals surface area contributed by atoms with Gasteiger partial charge in [0.05, 0.1) is 22.4 Å². The molecule has 0 bridgehead atoms. The number of benzene rings is 8. The van der Waals surface area contributed by atoms with E-state index < -0.39 is 0 Å². The molecule has 1 aromatic heterocycles. The van der Waals surface area contributed by atoms with Crippen LogP contribution < -0.4 is 4.90 Å². The SMILES string of the molecule is CC1(C)c2ccccc2-c2cc(-c3ccc(N(c4cccc5c4-c4ccccc4C5(C)C)c4cccc5c4c4ccccc4n5-c4ccccc4)cc3)ccc21. The third-order valence-electron chi connectivity index (χ3n) is 12.8. The molecular formula is C54H42N2. The number of hydrogen-bond donors (Lipinski definition) is 0. The van der Waals surface area contributed by atoms with E-state index in [0.717, 1.165) is 17.1 Å². The van der Waals surface area contributed by atoms with Crippen LogP contribution in [-0.4, -0.2) is 4.57 Å². The number of anilines is 3. The van der Waals surface area contributed by atoms with E-state index in [1.165, 1.54) is 83.1 Å². The van der Waals surface area contributed by atoms with Crippen molar-refractivity contribution in [1.29, 1.82) is 0 Å². The second kappa shape index (κ2) is 11.9. The van der Waals surface area contributed by atoms with Crippen LogP contribution in [0, 0.1) is 0 Å². The van der Waals surface area contributed by atoms with E-state index in [2.05, 4.69) is 219 Å². The summed E-state index contributed by atoms with van der Waals surface area (Å²) in [5, 5.41) is 2.47. The van der Waals surface area contributed by atoms with Crippen LogP contribution >= 0.6 is 0 Å². The van der Waals surface area contributed by atoms with Gasteiger partial charge in [0.1, 0.15) is 0 Å². The minimum absolute atomic E-state index is 0.0113. The van der Waals surface area contributed by atoms with Gasteiger partial charge in [-0.15, -0.1) is 0 Å². The average Bonchev–Trinajstić information content (AvgIpc) is 3.79. The molecule has 0 aliphatic heterocycles. The van der Waals surface area contributed by atoms with Gasteiger partial charge in [0.25, 0.3) is 0 Å². The van der Waals surface area contributed by atoms with E-state index in [1.807, 2.05) is 0 Å². The van der Waals surface area contributed by atoms with Gasteiger partial charge in [0.2, 0.25) is 0 Å². The maximum absolute atomic E-state index is 2.52. The quantitative estimate of drug-likeness (QED) is 0.172. The topological polar surface area (TPSA) is 8.17 Å². The molecule has 56 heavy (non-hydrogen) atoms. The predicted octanol–water partition coefficient (Wildman–Crippen LogP) is 14.5. The maximum atomic E-state index is 2.52. The first-order valence-corrected chi connectivity index (χ1v) is 19.8. The molecule has 0 spiro atoms. The van der Waals surface area contributed by atoms with E-state index >= 15 is 0 Å². The lowest BCUT2D eigenvalue weighted by Gasteiger charge is -2.29. The Hall–Kier alpha value is -6.64. The molecule has 2 aliphatic carbocycles. The van der Waals surface area contributed by atoms with Gasteiger partial charge in [-0.2, -0.15) is 0 Å². The van der Waals surface area contributed by atoms with Crippen molar-refractivity contribution in [3.05, 3.63) is 204 Å². The highest BCUT2D eigenvalue weighted by molar-refractivity contribution is 6.17. The Morgan fingerprint density at radius 3 is 1.79 bits per heavy atom. The summed E-state index contributed by atoms with van der Waals surface area (Å²) < 4.78 is 2.41. The second-order valence-corrected chi connectivity index (χ2v) is 16.5. The molecule has 0 fully saturated rings. The van der Waals surface area contributed by atoms with E-state index in [9.17, 15) is 0 Å². The van der Waals surface area contributed by atoms with Crippen LogP contribution in [0.2, 0.25) is 0 Å². The molecule has 8 aromatic carbocycles. The molecule has 2 nitrogen and oxygen atoms in total. The van der Waals surface area contributed by atoms with Crippen LogP contribution in [0.25, 0.3) is 60.9 Å². The van der Waals surface area contributed by atoms with E-state index in [-0.39, 0.29) is 10.8 Å². The lowest BCUT2D eigenvalue weighted by molar-refractivity contribution is 0.660. The summed E-state index contributed by atoms with van der Waals surface area (Å²) in [6.07, 6.45) is 0. The molecule has 1 heterocycles. The Morgan fingerprint density at radius 2 is 0.982 bits per heavy atom. The zero-order valence-electron chi connectivity index (χ0n) is 32.2. The third-order valence-corrected chi connectivity index (χ3v) is 12.8. The smallest absolute Gasteiger partial charge is 0.0562 e. The molecule has 11 rings (SSSR count). The van der Waals surface area contributed by atoms with Crippen LogP contribution in [0.15, 0.2) is 182 Å². The van der Waals surface area contributed by atoms with Gasteiger partial charge in [-0.25, -0.2) is 0 Å². The van der Waals surface area contributed by atoms with Gasteiger partial charge in [-0.3, -0.25) is 0 Å². The molecular weight excluding hydrogens is 677 g/mol. The van der Waals surface area contributed by atoms with Crippen molar-refractivity contribution >= 4 is 38.9 Å². The zero-order chi connectivity index (χ0) is 37.8. The molecule has 0 atom stereocenters. The minimum atomic E-state index is -0.117. The van der Waals surface area contributed by atoms with Crippen LogP contribution in [-0.2, 0) is 10.8 Å². The fraction of sp³-hybridized carbons (Fsp3) is 0.111. The Labute approximate surface area is 328 Å². The number of rotatable bonds is 5. The summed E-state index contributed by atoms with van der Waals surface area (Å²) in [4.78, 5) is 2.52. The summed E-state index contributed by atoms with van der Waals surface area (Å²) in [5.74, 6) is 0.